The van der Waals surface area contributed by atoms with E-state index in [-0.39, 0.29) is 12.6 Å². The van der Waals surface area contributed by atoms with Gasteiger partial charge in [-0.25, -0.2) is 4.79 Å². The molecule has 0 aliphatic carbocycles. The molecule has 3 heteroatoms. The number of aliphatic imine (C=N–C) groups is 1. The van der Waals surface area contributed by atoms with Gasteiger partial charge in [0.15, 0.2) is 6.04 Å². The van der Waals surface area contributed by atoms with Gasteiger partial charge < -0.3 is 4.74 Å². The first-order chi connectivity index (χ1) is 15.8. The first kappa shape index (κ1) is 21.3. The summed E-state index contributed by atoms with van der Waals surface area (Å²) in [6.45, 7) is 0.229. The van der Waals surface area contributed by atoms with Crippen LogP contribution in [-0.2, 0) is 22.6 Å². The molecule has 0 amide bonds. The molecule has 32 heavy (non-hydrogen) atoms. The average Bonchev–Trinajstić information content (AvgIpc) is 2.87. The monoisotopic (exact) mass is 419 g/mol. The normalized spacial score (nSPS) is 11.4. The third kappa shape index (κ3) is 5.79. The van der Waals surface area contributed by atoms with Gasteiger partial charge in [0.25, 0.3) is 0 Å². The van der Waals surface area contributed by atoms with Crippen LogP contribution in [0.3, 0.4) is 0 Å². The molecule has 0 fully saturated rings. The lowest BCUT2D eigenvalue weighted by Gasteiger charge is -2.16. The van der Waals surface area contributed by atoms with Crippen LogP contribution in [0, 0.1) is 0 Å². The van der Waals surface area contributed by atoms with Crippen molar-refractivity contribution in [1.82, 2.24) is 0 Å². The highest BCUT2D eigenvalue weighted by atomic mass is 16.5. The van der Waals surface area contributed by atoms with Crippen molar-refractivity contribution in [3.05, 3.63) is 144 Å². The van der Waals surface area contributed by atoms with Crippen molar-refractivity contribution in [1.29, 1.82) is 0 Å². The van der Waals surface area contributed by atoms with Gasteiger partial charge in [-0.05, 0) is 11.1 Å². The molecule has 0 bridgehead atoms. The van der Waals surface area contributed by atoms with E-state index in [2.05, 4.69) is 0 Å². The van der Waals surface area contributed by atoms with Crippen molar-refractivity contribution in [3.63, 3.8) is 0 Å². The predicted molar refractivity (Wildman–Crippen MR) is 129 cm³/mol. The second kappa shape index (κ2) is 10.9. The molecule has 0 saturated heterocycles. The zero-order valence-corrected chi connectivity index (χ0v) is 17.8. The zero-order valence-electron chi connectivity index (χ0n) is 17.8. The topological polar surface area (TPSA) is 38.7 Å². The Morgan fingerprint density at radius 2 is 1.06 bits per heavy atom. The third-order valence-electron chi connectivity index (χ3n) is 5.15. The van der Waals surface area contributed by atoms with Crippen LogP contribution in [0.15, 0.2) is 126 Å². The molecule has 1 atom stereocenters. The molecular weight excluding hydrogens is 394 g/mol. The summed E-state index contributed by atoms with van der Waals surface area (Å²) in [5.74, 6) is -0.331. The van der Waals surface area contributed by atoms with Crippen molar-refractivity contribution < 1.29 is 9.53 Å². The van der Waals surface area contributed by atoms with Gasteiger partial charge in [0.2, 0.25) is 0 Å². The van der Waals surface area contributed by atoms with Gasteiger partial charge in [-0.15, -0.1) is 0 Å². The minimum atomic E-state index is -0.656. The first-order valence-corrected chi connectivity index (χ1v) is 10.7. The number of hydrogen-bond acceptors (Lipinski definition) is 3. The Bertz CT molecular complexity index is 1100. The molecule has 3 nitrogen and oxygen atoms in total. The number of ether oxygens (including phenoxy) is 1. The van der Waals surface area contributed by atoms with E-state index in [4.69, 9.17) is 9.73 Å². The lowest BCUT2D eigenvalue weighted by atomic mass is 10.0. The molecule has 0 heterocycles. The number of rotatable bonds is 8. The fourth-order valence-corrected chi connectivity index (χ4v) is 3.51. The summed E-state index contributed by atoms with van der Waals surface area (Å²) in [5, 5.41) is 0. The molecule has 0 aromatic heterocycles. The highest BCUT2D eigenvalue weighted by Gasteiger charge is 2.22. The largest absolute Gasteiger partial charge is 0.459 e. The lowest BCUT2D eigenvalue weighted by Crippen LogP contribution is -2.26. The van der Waals surface area contributed by atoms with Gasteiger partial charge >= 0.3 is 5.97 Å². The molecule has 0 aliphatic rings. The van der Waals surface area contributed by atoms with E-state index in [1.54, 1.807) is 0 Å². The molecule has 4 rings (SSSR count). The summed E-state index contributed by atoms with van der Waals surface area (Å²) in [6, 6.07) is 38.9. The summed E-state index contributed by atoms with van der Waals surface area (Å²) in [4.78, 5) is 18.2. The molecule has 4 aromatic carbocycles. The standard InChI is InChI=1S/C29H25NO2/c31-29(32-22-24-15-7-2-8-16-24)27(21-23-13-5-1-6-14-23)30-28(25-17-9-3-10-18-25)26-19-11-4-12-20-26/h1-20,27H,21-22H2/t27-/m1/s1. The highest BCUT2D eigenvalue weighted by molar-refractivity contribution is 6.13. The van der Waals surface area contributed by atoms with E-state index < -0.39 is 6.04 Å². The Morgan fingerprint density at radius 3 is 1.56 bits per heavy atom. The molecule has 0 N–H and O–H groups in total. The molecule has 4 aromatic rings. The van der Waals surface area contributed by atoms with Crippen LogP contribution in [0.4, 0.5) is 0 Å². The van der Waals surface area contributed by atoms with Crippen molar-refractivity contribution in [2.24, 2.45) is 4.99 Å². The molecular formula is C29H25NO2. The molecule has 0 unspecified atom stereocenters. The Hall–Kier alpha value is -3.98. The van der Waals surface area contributed by atoms with E-state index in [1.807, 2.05) is 121 Å². The molecule has 158 valence electrons. The summed E-state index contributed by atoms with van der Waals surface area (Å²) in [5.41, 5.74) is 4.71. The maximum Gasteiger partial charge on any atom is 0.331 e. The van der Waals surface area contributed by atoms with E-state index in [0.29, 0.717) is 6.42 Å². The van der Waals surface area contributed by atoms with Gasteiger partial charge in [0.05, 0.1) is 5.71 Å². The lowest BCUT2D eigenvalue weighted by molar-refractivity contribution is -0.146. The van der Waals surface area contributed by atoms with Crippen LogP contribution in [0.25, 0.3) is 0 Å². The summed E-state index contributed by atoms with van der Waals surface area (Å²) < 4.78 is 5.69. The summed E-state index contributed by atoms with van der Waals surface area (Å²) >= 11 is 0. The van der Waals surface area contributed by atoms with Gasteiger partial charge in [-0.1, -0.05) is 121 Å². The second-order valence-electron chi connectivity index (χ2n) is 7.51. The van der Waals surface area contributed by atoms with Gasteiger partial charge in [0, 0.05) is 17.5 Å². The fraction of sp³-hybridized carbons (Fsp3) is 0.103. The van der Waals surface area contributed by atoms with E-state index >= 15 is 0 Å². The van der Waals surface area contributed by atoms with E-state index in [9.17, 15) is 4.79 Å². The Kier molecular flexibility index (Phi) is 7.22. The SMILES string of the molecule is O=C(OCc1ccccc1)[C@@H](Cc1ccccc1)N=C(c1ccccc1)c1ccccc1. The number of hydrogen-bond donors (Lipinski definition) is 0. The van der Waals surface area contributed by atoms with Crippen LogP contribution in [-0.4, -0.2) is 17.7 Å². The van der Waals surface area contributed by atoms with Crippen molar-refractivity contribution in [3.8, 4) is 0 Å². The predicted octanol–water partition coefficient (Wildman–Crippen LogP) is 5.88. The first-order valence-electron chi connectivity index (χ1n) is 10.7. The molecule has 0 aliphatic heterocycles. The number of carbonyl (C=O) groups is 1. The van der Waals surface area contributed by atoms with Crippen molar-refractivity contribution >= 4 is 11.7 Å². The summed E-state index contributed by atoms with van der Waals surface area (Å²) in [7, 11) is 0. The van der Waals surface area contributed by atoms with Crippen LogP contribution in [0.2, 0.25) is 0 Å². The van der Waals surface area contributed by atoms with Gasteiger partial charge in [0.1, 0.15) is 6.61 Å². The summed E-state index contributed by atoms with van der Waals surface area (Å²) in [6.07, 6.45) is 0.470. The van der Waals surface area contributed by atoms with Crippen LogP contribution < -0.4 is 0 Å². The maximum atomic E-state index is 13.2. The van der Waals surface area contributed by atoms with Crippen LogP contribution in [0.1, 0.15) is 22.3 Å². The van der Waals surface area contributed by atoms with E-state index in [0.717, 1.165) is 28.0 Å². The van der Waals surface area contributed by atoms with E-state index in [1.165, 1.54) is 0 Å². The Morgan fingerprint density at radius 1 is 0.625 bits per heavy atom. The quantitative estimate of drug-likeness (QED) is 0.264. The Balaban J connectivity index is 1.68. The van der Waals surface area contributed by atoms with Crippen molar-refractivity contribution in [2.75, 3.05) is 0 Å². The molecule has 0 spiro atoms. The number of nitrogens with zero attached hydrogens (tertiary/aromatic N) is 1. The zero-order chi connectivity index (χ0) is 22.0. The smallest absolute Gasteiger partial charge is 0.331 e. The van der Waals surface area contributed by atoms with Crippen LogP contribution in [0.5, 0.6) is 0 Å². The molecule has 0 saturated carbocycles. The van der Waals surface area contributed by atoms with Gasteiger partial charge in [-0.2, -0.15) is 0 Å². The fourth-order valence-electron chi connectivity index (χ4n) is 3.51. The minimum absolute atomic E-state index is 0.229. The number of benzene rings is 4. The van der Waals surface area contributed by atoms with Crippen LogP contribution >= 0.6 is 0 Å². The average molecular weight is 420 g/mol. The third-order valence-corrected chi connectivity index (χ3v) is 5.15. The number of carbonyl (C=O) groups excluding carboxylic acids is 1. The highest BCUT2D eigenvalue weighted by Crippen LogP contribution is 2.16. The minimum Gasteiger partial charge on any atom is -0.459 e. The second-order valence-corrected chi connectivity index (χ2v) is 7.51. The maximum absolute atomic E-state index is 13.2. The van der Waals surface area contributed by atoms with Crippen molar-refractivity contribution in [2.45, 2.75) is 19.1 Å². The molecule has 0 radical (unpaired) electrons. The number of esters is 1. The van der Waals surface area contributed by atoms with Gasteiger partial charge in [-0.3, -0.25) is 4.99 Å². The Labute approximate surface area is 189 Å².